The van der Waals surface area contributed by atoms with Gasteiger partial charge in [0, 0.05) is 0 Å². The molecule has 3 rings (SSSR count). The summed E-state index contributed by atoms with van der Waals surface area (Å²) in [6.45, 7) is 0. The fourth-order valence-corrected chi connectivity index (χ4v) is 2.93. The van der Waals surface area contributed by atoms with Gasteiger partial charge in [0.1, 0.15) is 5.54 Å². The Bertz CT molecular complexity index is 810. The number of aromatic amines is 1. The average Bonchev–Trinajstić information content (AvgIpc) is 2.55. The molecule has 0 unspecified atom stereocenters. The van der Waals surface area contributed by atoms with E-state index in [-0.39, 0.29) is 11.4 Å². The lowest BCUT2D eigenvalue weighted by Crippen LogP contribution is -2.49. The van der Waals surface area contributed by atoms with Crippen LogP contribution < -0.4 is 10.9 Å². The van der Waals surface area contributed by atoms with E-state index in [9.17, 15) is 9.59 Å². The second-order valence-electron chi connectivity index (χ2n) is 5.67. The van der Waals surface area contributed by atoms with Gasteiger partial charge in [-0.05, 0) is 25.0 Å². The molecule has 0 spiro atoms. The zero-order chi connectivity index (χ0) is 15.6. The smallest absolute Gasteiger partial charge is 0.288 e. The molecule has 0 saturated heterocycles. The van der Waals surface area contributed by atoms with Gasteiger partial charge < -0.3 is 10.3 Å². The molecule has 1 aliphatic carbocycles. The first kappa shape index (κ1) is 14.3. The summed E-state index contributed by atoms with van der Waals surface area (Å²) in [5.74, 6) is 2.29. The quantitative estimate of drug-likeness (QED) is 0.832. The van der Waals surface area contributed by atoms with E-state index < -0.39 is 11.4 Å². The van der Waals surface area contributed by atoms with Gasteiger partial charge in [-0.3, -0.25) is 9.59 Å². The van der Waals surface area contributed by atoms with Gasteiger partial charge in [-0.25, -0.2) is 4.98 Å². The summed E-state index contributed by atoms with van der Waals surface area (Å²) in [6, 6.07) is 6.92. The van der Waals surface area contributed by atoms with Crippen LogP contribution in [0.15, 0.2) is 29.1 Å². The van der Waals surface area contributed by atoms with Crippen molar-refractivity contribution in [3.8, 4) is 12.3 Å². The third-order valence-electron chi connectivity index (χ3n) is 4.16. The van der Waals surface area contributed by atoms with Crippen molar-refractivity contribution in [2.75, 3.05) is 0 Å². The van der Waals surface area contributed by atoms with E-state index in [1.807, 2.05) is 0 Å². The average molecular weight is 295 g/mol. The third-order valence-corrected chi connectivity index (χ3v) is 4.16. The summed E-state index contributed by atoms with van der Waals surface area (Å²) in [5.41, 5.74) is -0.455. The number of rotatable bonds is 2. The van der Waals surface area contributed by atoms with Gasteiger partial charge >= 0.3 is 0 Å². The van der Waals surface area contributed by atoms with Crippen molar-refractivity contribution >= 4 is 16.8 Å². The molecule has 1 aromatic carbocycles. The predicted molar refractivity (Wildman–Crippen MR) is 84.5 cm³/mol. The van der Waals surface area contributed by atoms with E-state index in [2.05, 4.69) is 21.2 Å². The van der Waals surface area contributed by atoms with E-state index in [0.29, 0.717) is 10.9 Å². The molecule has 2 aromatic rings. The number of terminal acetylenes is 1. The van der Waals surface area contributed by atoms with Crippen molar-refractivity contribution in [3.63, 3.8) is 0 Å². The van der Waals surface area contributed by atoms with Crippen molar-refractivity contribution in [2.45, 2.75) is 37.6 Å². The van der Waals surface area contributed by atoms with Crippen LogP contribution in [0.2, 0.25) is 0 Å². The molecular formula is C17H17N3O2. The summed E-state index contributed by atoms with van der Waals surface area (Å²) >= 11 is 0. The lowest BCUT2D eigenvalue weighted by Gasteiger charge is -2.33. The van der Waals surface area contributed by atoms with Crippen LogP contribution in [0.25, 0.3) is 10.9 Å². The van der Waals surface area contributed by atoms with E-state index in [4.69, 9.17) is 6.42 Å². The number of fused-ring (bicyclic) bond motifs is 1. The minimum absolute atomic E-state index is 0.00361. The highest BCUT2D eigenvalue weighted by Gasteiger charge is 2.32. The highest BCUT2D eigenvalue weighted by molar-refractivity contribution is 5.93. The summed E-state index contributed by atoms with van der Waals surface area (Å²) in [4.78, 5) is 31.2. The van der Waals surface area contributed by atoms with Crippen molar-refractivity contribution in [1.82, 2.24) is 15.3 Å². The number of hydrogen-bond donors (Lipinski definition) is 2. The van der Waals surface area contributed by atoms with Gasteiger partial charge in [-0.1, -0.05) is 37.3 Å². The molecule has 0 atom stereocenters. The van der Waals surface area contributed by atoms with Crippen LogP contribution in [-0.2, 0) is 0 Å². The predicted octanol–water partition coefficient (Wildman–Crippen LogP) is 1.99. The molecule has 1 saturated carbocycles. The van der Waals surface area contributed by atoms with Gasteiger partial charge in [-0.2, -0.15) is 0 Å². The normalized spacial score (nSPS) is 16.9. The van der Waals surface area contributed by atoms with Crippen molar-refractivity contribution in [1.29, 1.82) is 0 Å². The highest BCUT2D eigenvalue weighted by Crippen LogP contribution is 2.27. The van der Waals surface area contributed by atoms with Crippen LogP contribution in [0.5, 0.6) is 0 Å². The molecule has 112 valence electrons. The Labute approximate surface area is 128 Å². The molecule has 1 aliphatic rings. The van der Waals surface area contributed by atoms with Crippen molar-refractivity contribution in [2.24, 2.45) is 0 Å². The SMILES string of the molecule is C#CC1(NC(=O)c2nc3ccccc3c(=O)[nH]2)CCCCC1. The molecule has 1 fully saturated rings. The number of nitrogens with zero attached hydrogens (tertiary/aromatic N) is 1. The number of carbonyl (C=O) groups is 1. The minimum atomic E-state index is -0.625. The van der Waals surface area contributed by atoms with Crippen LogP contribution in [0, 0.1) is 12.3 Å². The number of H-pyrrole nitrogens is 1. The Kier molecular flexibility index (Phi) is 3.68. The fourth-order valence-electron chi connectivity index (χ4n) is 2.93. The van der Waals surface area contributed by atoms with Crippen LogP contribution in [0.3, 0.4) is 0 Å². The first-order valence-corrected chi connectivity index (χ1v) is 7.43. The first-order valence-electron chi connectivity index (χ1n) is 7.43. The first-order chi connectivity index (χ1) is 10.6. The zero-order valence-corrected chi connectivity index (χ0v) is 12.2. The summed E-state index contributed by atoms with van der Waals surface area (Å²) in [6.07, 6.45) is 10.3. The number of aromatic nitrogens is 2. The summed E-state index contributed by atoms with van der Waals surface area (Å²) < 4.78 is 0. The highest BCUT2D eigenvalue weighted by atomic mass is 16.2. The number of carbonyl (C=O) groups excluding carboxylic acids is 1. The zero-order valence-electron chi connectivity index (χ0n) is 12.2. The molecule has 0 aliphatic heterocycles. The molecule has 1 heterocycles. The van der Waals surface area contributed by atoms with E-state index >= 15 is 0 Å². The second-order valence-corrected chi connectivity index (χ2v) is 5.67. The Morgan fingerprint density at radius 2 is 2.00 bits per heavy atom. The number of para-hydroxylation sites is 1. The van der Waals surface area contributed by atoms with Crippen LogP contribution in [-0.4, -0.2) is 21.4 Å². The Balaban J connectivity index is 1.92. The largest absolute Gasteiger partial charge is 0.333 e. The maximum Gasteiger partial charge on any atom is 0.288 e. The molecule has 0 radical (unpaired) electrons. The maximum atomic E-state index is 12.4. The number of amides is 1. The fraction of sp³-hybridized carbons (Fsp3) is 0.353. The van der Waals surface area contributed by atoms with Gasteiger partial charge in [-0.15, -0.1) is 6.42 Å². The molecular weight excluding hydrogens is 278 g/mol. The molecule has 0 bridgehead atoms. The minimum Gasteiger partial charge on any atom is -0.333 e. The Morgan fingerprint density at radius 3 is 2.73 bits per heavy atom. The monoisotopic (exact) mass is 295 g/mol. The maximum absolute atomic E-state index is 12.4. The molecule has 2 N–H and O–H groups in total. The van der Waals surface area contributed by atoms with Crippen LogP contribution in [0.1, 0.15) is 42.7 Å². The standard InChI is InChI=1S/C17H17N3O2/c1-2-17(10-6-3-7-11-17)20-16(22)14-18-13-9-5-4-8-12(13)15(21)19-14/h1,4-5,8-9H,3,6-7,10-11H2,(H,20,22)(H,18,19,21). The molecule has 1 amide bonds. The second kappa shape index (κ2) is 5.64. The Hall–Kier alpha value is -2.61. The molecule has 22 heavy (non-hydrogen) atoms. The van der Waals surface area contributed by atoms with Crippen LogP contribution >= 0.6 is 0 Å². The van der Waals surface area contributed by atoms with Gasteiger partial charge in [0.2, 0.25) is 0 Å². The number of benzene rings is 1. The van der Waals surface area contributed by atoms with E-state index in [1.165, 1.54) is 0 Å². The topological polar surface area (TPSA) is 74.8 Å². The number of nitrogens with one attached hydrogen (secondary N) is 2. The molecule has 5 heteroatoms. The van der Waals surface area contributed by atoms with Gasteiger partial charge in [0.15, 0.2) is 5.82 Å². The van der Waals surface area contributed by atoms with Gasteiger partial charge in [0.05, 0.1) is 10.9 Å². The van der Waals surface area contributed by atoms with Gasteiger partial charge in [0.25, 0.3) is 11.5 Å². The van der Waals surface area contributed by atoms with E-state index in [0.717, 1.165) is 32.1 Å². The van der Waals surface area contributed by atoms with Crippen molar-refractivity contribution in [3.05, 3.63) is 40.4 Å². The summed E-state index contributed by atoms with van der Waals surface area (Å²) in [7, 11) is 0. The number of hydrogen-bond acceptors (Lipinski definition) is 3. The lowest BCUT2D eigenvalue weighted by atomic mass is 9.82. The van der Waals surface area contributed by atoms with Crippen LogP contribution in [0.4, 0.5) is 0 Å². The molecule has 5 nitrogen and oxygen atoms in total. The molecule has 1 aromatic heterocycles. The van der Waals surface area contributed by atoms with Crippen molar-refractivity contribution < 1.29 is 4.79 Å². The van der Waals surface area contributed by atoms with E-state index in [1.54, 1.807) is 24.3 Å². The lowest BCUT2D eigenvalue weighted by molar-refractivity contribution is 0.0893. The third kappa shape index (κ3) is 2.60. The Morgan fingerprint density at radius 1 is 1.27 bits per heavy atom. The summed E-state index contributed by atoms with van der Waals surface area (Å²) in [5, 5.41) is 3.34.